The highest BCUT2D eigenvalue weighted by atomic mass is 16.5. The van der Waals surface area contributed by atoms with Gasteiger partial charge in [-0.05, 0) is 32.7 Å². The molecule has 1 rings (SSSR count). The normalized spacial score (nSPS) is 26.6. The van der Waals surface area contributed by atoms with Gasteiger partial charge in [0.25, 0.3) is 0 Å². The fourth-order valence-corrected chi connectivity index (χ4v) is 2.10. The maximum Gasteiger partial charge on any atom is 0.0619 e. The molecular weight excluding hydrogens is 204 g/mol. The van der Waals surface area contributed by atoms with Gasteiger partial charge in [-0.2, -0.15) is 0 Å². The zero-order valence-corrected chi connectivity index (χ0v) is 10.6. The second-order valence-corrected chi connectivity index (χ2v) is 4.94. The predicted molar refractivity (Wildman–Crippen MR) is 65.4 cm³/mol. The van der Waals surface area contributed by atoms with E-state index in [9.17, 15) is 5.11 Å². The lowest BCUT2D eigenvalue weighted by Gasteiger charge is -2.34. The van der Waals surface area contributed by atoms with Gasteiger partial charge in [0.2, 0.25) is 0 Å². The van der Waals surface area contributed by atoms with Crippen LogP contribution in [-0.4, -0.2) is 54.5 Å². The van der Waals surface area contributed by atoms with Crippen molar-refractivity contribution in [3.05, 3.63) is 0 Å². The molecule has 0 radical (unpaired) electrons. The zero-order chi connectivity index (χ0) is 12.0. The number of aliphatic hydroxyl groups excluding tert-OH is 1. The second-order valence-electron chi connectivity index (χ2n) is 4.94. The highest BCUT2D eigenvalue weighted by Gasteiger charge is 2.23. The van der Waals surface area contributed by atoms with Crippen LogP contribution in [0.2, 0.25) is 0 Å². The molecule has 0 aromatic carbocycles. The Morgan fingerprint density at radius 2 is 2.31 bits per heavy atom. The van der Waals surface area contributed by atoms with Crippen LogP contribution < -0.4 is 5.73 Å². The number of morpholine rings is 1. The topological polar surface area (TPSA) is 58.7 Å². The Morgan fingerprint density at radius 1 is 1.56 bits per heavy atom. The van der Waals surface area contributed by atoms with Crippen LogP contribution in [0.1, 0.15) is 33.1 Å². The molecule has 16 heavy (non-hydrogen) atoms. The highest BCUT2D eigenvalue weighted by molar-refractivity contribution is 4.82. The molecule has 0 aromatic heterocycles. The molecule has 0 spiro atoms. The van der Waals surface area contributed by atoms with Crippen molar-refractivity contribution in [2.45, 2.75) is 44.7 Å². The zero-order valence-electron chi connectivity index (χ0n) is 10.6. The van der Waals surface area contributed by atoms with Crippen LogP contribution >= 0.6 is 0 Å². The molecule has 4 heteroatoms. The van der Waals surface area contributed by atoms with Gasteiger partial charge < -0.3 is 15.6 Å². The largest absolute Gasteiger partial charge is 0.394 e. The molecule has 96 valence electrons. The Kier molecular flexibility index (Phi) is 5.69. The minimum Gasteiger partial charge on any atom is -0.394 e. The summed E-state index contributed by atoms with van der Waals surface area (Å²) >= 11 is 0. The number of hydrogen-bond acceptors (Lipinski definition) is 4. The van der Waals surface area contributed by atoms with Crippen molar-refractivity contribution < 1.29 is 9.84 Å². The third-order valence-electron chi connectivity index (χ3n) is 3.64. The first-order chi connectivity index (χ1) is 7.61. The minimum atomic E-state index is -0.379. The van der Waals surface area contributed by atoms with Crippen LogP contribution in [0, 0.1) is 0 Å². The van der Waals surface area contributed by atoms with Gasteiger partial charge in [-0.15, -0.1) is 0 Å². The van der Waals surface area contributed by atoms with E-state index in [-0.39, 0.29) is 12.1 Å². The molecule has 1 aliphatic rings. The summed E-state index contributed by atoms with van der Waals surface area (Å²) in [6.07, 6.45) is 2.78. The van der Waals surface area contributed by atoms with Gasteiger partial charge in [0, 0.05) is 18.1 Å². The van der Waals surface area contributed by atoms with Gasteiger partial charge in [-0.3, -0.25) is 4.90 Å². The van der Waals surface area contributed by atoms with Crippen LogP contribution in [0.5, 0.6) is 0 Å². The molecule has 3 N–H and O–H groups in total. The number of rotatable bonds is 6. The maximum atomic E-state index is 9.22. The fourth-order valence-electron chi connectivity index (χ4n) is 2.10. The van der Waals surface area contributed by atoms with Crippen LogP contribution in [0.4, 0.5) is 0 Å². The third-order valence-corrected chi connectivity index (χ3v) is 3.64. The van der Waals surface area contributed by atoms with Crippen LogP contribution in [0.25, 0.3) is 0 Å². The molecule has 0 saturated carbocycles. The van der Waals surface area contributed by atoms with Crippen molar-refractivity contribution in [2.75, 3.05) is 32.9 Å². The van der Waals surface area contributed by atoms with E-state index in [4.69, 9.17) is 10.5 Å². The van der Waals surface area contributed by atoms with E-state index in [0.717, 1.165) is 45.6 Å². The number of hydrogen-bond donors (Lipinski definition) is 2. The molecule has 1 heterocycles. The van der Waals surface area contributed by atoms with Crippen molar-refractivity contribution >= 4 is 0 Å². The number of aliphatic hydroxyl groups is 1. The molecule has 0 bridgehead atoms. The van der Waals surface area contributed by atoms with Crippen molar-refractivity contribution in [2.24, 2.45) is 5.73 Å². The summed E-state index contributed by atoms with van der Waals surface area (Å²) in [6.45, 7) is 8.07. The lowest BCUT2D eigenvalue weighted by atomic mass is 9.92. The fraction of sp³-hybridized carbons (Fsp3) is 1.00. The van der Waals surface area contributed by atoms with E-state index in [2.05, 4.69) is 11.8 Å². The molecule has 0 aliphatic carbocycles. The van der Waals surface area contributed by atoms with E-state index in [1.165, 1.54) is 0 Å². The number of nitrogens with two attached hydrogens (primary N) is 1. The predicted octanol–water partition coefficient (Wildman–Crippen LogP) is 0.587. The molecule has 2 unspecified atom stereocenters. The summed E-state index contributed by atoms with van der Waals surface area (Å²) < 4.78 is 5.40. The standard InChI is InChI=1S/C12H26N2O2/c1-3-12(13,10-15)5-4-6-14-7-8-16-9-11(14)2/h11,15H,3-10,13H2,1-2H3. The van der Waals surface area contributed by atoms with Gasteiger partial charge in [0.05, 0.1) is 19.8 Å². The monoisotopic (exact) mass is 230 g/mol. The summed E-state index contributed by atoms with van der Waals surface area (Å²) in [5, 5.41) is 9.22. The van der Waals surface area contributed by atoms with Gasteiger partial charge in [-0.1, -0.05) is 6.92 Å². The quantitative estimate of drug-likeness (QED) is 0.701. The Bertz CT molecular complexity index is 195. The molecule has 1 saturated heterocycles. The molecule has 0 aromatic rings. The molecule has 0 amide bonds. The van der Waals surface area contributed by atoms with Gasteiger partial charge in [-0.25, -0.2) is 0 Å². The summed E-state index contributed by atoms with van der Waals surface area (Å²) in [5.74, 6) is 0. The maximum absolute atomic E-state index is 9.22. The first kappa shape index (κ1) is 13.9. The Hall–Kier alpha value is -0.160. The van der Waals surface area contributed by atoms with Gasteiger partial charge in [0.1, 0.15) is 0 Å². The first-order valence-electron chi connectivity index (χ1n) is 6.33. The Labute approximate surface area is 98.8 Å². The van der Waals surface area contributed by atoms with Crippen molar-refractivity contribution in [1.82, 2.24) is 4.90 Å². The van der Waals surface area contributed by atoms with E-state index in [1.807, 2.05) is 6.92 Å². The van der Waals surface area contributed by atoms with Gasteiger partial charge in [0.15, 0.2) is 0 Å². The molecule has 1 fully saturated rings. The first-order valence-corrected chi connectivity index (χ1v) is 6.33. The third kappa shape index (κ3) is 4.01. The Balaban J connectivity index is 2.23. The lowest BCUT2D eigenvalue weighted by molar-refractivity contribution is -0.00194. The average molecular weight is 230 g/mol. The van der Waals surface area contributed by atoms with E-state index >= 15 is 0 Å². The van der Waals surface area contributed by atoms with E-state index in [0.29, 0.717) is 6.04 Å². The number of nitrogens with zero attached hydrogens (tertiary/aromatic N) is 1. The van der Waals surface area contributed by atoms with E-state index < -0.39 is 0 Å². The highest BCUT2D eigenvalue weighted by Crippen LogP contribution is 2.15. The molecule has 1 aliphatic heterocycles. The van der Waals surface area contributed by atoms with Crippen molar-refractivity contribution in [3.63, 3.8) is 0 Å². The Morgan fingerprint density at radius 3 is 2.88 bits per heavy atom. The molecule has 2 atom stereocenters. The van der Waals surface area contributed by atoms with Gasteiger partial charge >= 0.3 is 0 Å². The summed E-state index contributed by atoms with van der Waals surface area (Å²) in [4.78, 5) is 2.44. The summed E-state index contributed by atoms with van der Waals surface area (Å²) in [5.41, 5.74) is 5.67. The SMILES string of the molecule is CCC(N)(CO)CCCN1CCOCC1C. The lowest BCUT2D eigenvalue weighted by Crippen LogP contribution is -2.46. The van der Waals surface area contributed by atoms with Crippen LogP contribution in [-0.2, 0) is 4.74 Å². The second kappa shape index (κ2) is 6.55. The minimum absolute atomic E-state index is 0.0855. The summed E-state index contributed by atoms with van der Waals surface area (Å²) in [7, 11) is 0. The smallest absolute Gasteiger partial charge is 0.0619 e. The van der Waals surface area contributed by atoms with Crippen molar-refractivity contribution in [3.8, 4) is 0 Å². The summed E-state index contributed by atoms with van der Waals surface area (Å²) in [6, 6.07) is 0.511. The number of ether oxygens (including phenoxy) is 1. The van der Waals surface area contributed by atoms with Crippen molar-refractivity contribution in [1.29, 1.82) is 0 Å². The molecule has 4 nitrogen and oxygen atoms in total. The van der Waals surface area contributed by atoms with Crippen LogP contribution in [0.15, 0.2) is 0 Å². The van der Waals surface area contributed by atoms with Crippen LogP contribution in [0.3, 0.4) is 0 Å². The average Bonchev–Trinajstić information content (AvgIpc) is 2.31. The molecular formula is C12H26N2O2. The van der Waals surface area contributed by atoms with E-state index in [1.54, 1.807) is 0 Å².